The van der Waals surface area contributed by atoms with Gasteiger partial charge in [0.2, 0.25) is 0 Å². The first-order chi connectivity index (χ1) is 5.38. The molecule has 0 aromatic heterocycles. The smallest absolute Gasteiger partial charge is 0.0604 e. The lowest BCUT2D eigenvalue weighted by Crippen LogP contribution is -2.21. The fourth-order valence-corrected chi connectivity index (χ4v) is 1.84. The molecule has 2 N–H and O–H groups in total. The monoisotopic (exact) mass is 157 g/mol. The lowest BCUT2D eigenvalue weighted by Gasteiger charge is -2.20. The van der Waals surface area contributed by atoms with Crippen LogP contribution in [0.15, 0.2) is 0 Å². The predicted octanol–water partition coefficient (Wildman–Crippen LogP) is 1.54. The Bertz CT molecular complexity index is 99.7. The Kier molecular flexibility index (Phi) is 3.87. The number of nitrogens with two attached hydrogens (primary N) is 1. The van der Waals surface area contributed by atoms with Gasteiger partial charge in [-0.15, -0.1) is 0 Å². The number of hydrogen-bond acceptors (Lipinski definition) is 2. The SMILES string of the molecule is CCC(CCN)C1CCCO1. The summed E-state index contributed by atoms with van der Waals surface area (Å²) in [5.41, 5.74) is 5.52. The lowest BCUT2D eigenvalue weighted by molar-refractivity contribution is 0.0588. The lowest BCUT2D eigenvalue weighted by atomic mass is 9.94. The van der Waals surface area contributed by atoms with Gasteiger partial charge >= 0.3 is 0 Å². The zero-order valence-corrected chi connectivity index (χ0v) is 7.38. The first-order valence-electron chi connectivity index (χ1n) is 4.70. The van der Waals surface area contributed by atoms with E-state index in [-0.39, 0.29) is 0 Å². The molecule has 2 atom stereocenters. The summed E-state index contributed by atoms with van der Waals surface area (Å²) in [6.45, 7) is 3.99. The maximum Gasteiger partial charge on any atom is 0.0604 e. The van der Waals surface area contributed by atoms with Crippen molar-refractivity contribution >= 4 is 0 Å². The van der Waals surface area contributed by atoms with Crippen LogP contribution in [0.1, 0.15) is 32.6 Å². The molecule has 1 heterocycles. The van der Waals surface area contributed by atoms with Gasteiger partial charge in [0.15, 0.2) is 0 Å². The Hall–Kier alpha value is -0.0800. The van der Waals surface area contributed by atoms with Crippen molar-refractivity contribution in [3.63, 3.8) is 0 Å². The first kappa shape index (κ1) is 9.01. The fourth-order valence-electron chi connectivity index (χ4n) is 1.84. The Balaban J connectivity index is 2.27. The average Bonchev–Trinajstić information content (AvgIpc) is 2.52. The van der Waals surface area contributed by atoms with Crippen molar-refractivity contribution in [2.45, 2.75) is 38.7 Å². The summed E-state index contributed by atoms with van der Waals surface area (Å²) in [5.74, 6) is 0.711. The van der Waals surface area contributed by atoms with E-state index >= 15 is 0 Å². The second-order valence-corrected chi connectivity index (χ2v) is 3.30. The summed E-state index contributed by atoms with van der Waals surface area (Å²) in [5, 5.41) is 0. The number of rotatable bonds is 4. The summed E-state index contributed by atoms with van der Waals surface area (Å²) in [6.07, 6.45) is 5.34. The summed E-state index contributed by atoms with van der Waals surface area (Å²) >= 11 is 0. The molecular weight excluding hydrogens is 138 g/mol. The molecule has 0 spiro atoms. The first-order valence-corrected chi connectivity index (χ1v) is 4.70. The Morgan fingerprint density at radius 1 is 1.64 bits per heavy atom. The van der Waals surface area contributed by atoms with Crippen LogP contribution in [0, 0.1) is 5.92 Å². The van der Waals surface area contributed by atoms with Crippen molar-refractivity contribution in [3.8, 4) is 0 Å². The largest absolute Gasteiger partial charge is 0.378 e. The molecule has 0 amide bonds. The van der Waals surface area contributed by atoms with Crippen molar-refractivity contribution in [1.29, 1.82) is 0 Å². The van der Waals surface area contributed by atoms with Crippen LogP contribution in [0.3, 0.4) is 0 Å². The van der Waals surface area contributed by atoms with Crippen molar-refractivity contribution < 1.29 is 4.74 Å². The van der Waals surface area contributed by atoms with Gasteiger partial charge in [-0.05, 0) is 31.7 Å². The molecule has 1 aliphatic rings. The molecule has 1 fully saturated rings. The van der Waals surface area contributed by atoms with Gasteiger partial charge in [-0.3, -0.25) is 0 Å². The minimum Gasteiger partial charge on any atom is -0.378 e. The summed E-state index contributed by atoms with van der Waals surface area (Å²) in [6, 6.07) is 0. The standard InChI is InChI=1S/C9H19NO/c1-2-8(5-6-10)9-4-3-7-11-9/h8-9H,2-7,10H2,1H3. The van der Waals surface area contributed by atoms with Gasteiger partial charge in [-0.2, -0.15) is 0 Å². The average molecular weight is 157 g/mol. The second-order valence-electron chi connectivity index (χ2n) is 3.30. The van der Waals surface area contributed by atoms with Gasteiger partial charge in [0, 0.05) is 6.61 Å². The highest BCUT2D eigenvalue weighted by molar-refractivity contribution is 4.73. The summed E-state index contributed by atoms with van der Waals surface area (Å²) < 4.78 is 5.60. The van der Waals surface area contributed by atoms with Crippen LogP contribution < -0.4 is 5.73 Å². The molecule has 11 heavy (non-hydrogen) atoms. The van der Waals surface area contributed by atoms with E-state index in [0.717, 1.165) is 19.6 Å². The van der Waals surface area contributed by atoms with Crippen LogP contribution in [0.5, 0.6) is 0 Å². The normalized spacial score (nSPS) is 27.3. The molecule has 0 aliphatic carbocycles. The van der Waals surface area contributed by atoms with Crippen molar-refractivity contribution in [2.24, 2.45) is 11.7 Å². The predicted molar refractivity (Wildman–Crippen MR) is 46.4 cm³/mol. The molecule has 0 saturated carbocycles. The van der Waals surface area contributed by atoms with Crippen molar-refractivity contribution in [1.82, 2.24) is 0 Å². The van der Waals surface area contributed by atoms with E-state index in [9.17, 15) is 0 Å². The third kappa shape index (κ3) is 2.46. The molecule has 1 aliphatic heterocycles. The Morgan fingerprint density at radius 3 is 2.91 bits per heavy atom. The topological polar surface area (TPSA) is 35.2 Å². The zero-order chi connectivity index (χ0) is 8.10. The fraction of sp³-hybridized carbons (Fsp3) is 1.00. The molecule has 1 rings (SSSR count). The van der Waals surface area contributed by atoms with Gasteiger partial charge in [-0.25, -0.2) is 0 Å². The molecule has 2 heteroatoms. The van der Waals surface area contributed by atoms with Gasteiger partial charge in [-0.1, -0.05) is 13.3 Å². The second kappa shape index (κ2) is 4.73. The van der Waals surface area contributed by atoms with E-state index in [0.29, 0.717) is 12.0 Å². The van der Waals surface area contributed by atoms with Crippen LogP contribution in [0.2, 0.25) is 0 Å². The van der Waals surface area contributed by atoms with Crippen LogP contribution in [0.25, 0.3) is 0 Å². The zero-order valence-electron chi connectivity index (χ0n) is 7.38. The maximum atomic E-state index is 5.60. The molecule has 1 saturated heterocycles. The van der Waals surface area contributed by atoms with Gasteiger partial charge in [0.05, 0.1) is 6.10 Å². The Labute approximate surface area is 69.1 Å². The van der Waals surface area contributed by atoms with E-state index in [2.05, 4.69) is 6.92 Å². The van der Waals surface area contributed by atoms with E-state index in [4.69, 9.17) is 10.5 Å². The third-order valence-electron chi connectivity index (χ3n) is 2.55. The molecule has 2 unspecified atom stereocenters. The number of hydrogen-bond donors (Lipinski definition) is 1. The van der Waals surface area contributed by atoms with Crippen LogP contribution in [0.4, 0.5) is 0 Å². The summed E-state index contributed by atoms with van der Waals surface area (Å²) in [4.78, 5) is 0. The molecule has 0 aromatic carbocycles. The molecule has 0 radical (unpaired) electrons. The van der Waals surface area contributed by atoms with Crippen LogP contribution >= 0.6 is 0 Å². The van der Waals surface area contributed by atoms with Crippen molar-refractivity contribution in [2.75, 3.05) is 13.2 Å². The Morgan fingerprint density at radius 2 is 2.45 bits per heavy atom. The van der Waals surface area contributed by atoms with E-state index < -0.39 is 0 Å². The molecule has 2 nitrogen and oxygen atoms in total. The van der Waals surface area contributed by atoms with Crippen LogP contribution in [-0.2, 0) is 4.74 Å². The van der Waals surface area contributed by atoms with Crippen LogP contribution in [-0.4, -0.2) is 19.3 Å². The highest BCUT2D eigenvalue weighted by Gasteiger charge is 2.23. The minimum atomic E-state index is 0.517. The van der Waals surface area contributed by atoms with Gasteiger partial charge < -0.3 is 10.5 Å². The highest BCUT2D eigenvalue weighted by atomic mass is 16.5. The maximum absolute atomic E-state index is 5.60. The van der Waals surface area contributed by atoms with Gasteiger partial charge in [0.1, 0.15) is 0 Å². The highest BCUT2D eigenvalue weighted by Crippen LogP contribution is 2.24. The minimum absolute atomic E-state index is 0.517. The molecule has 0 aromatic rings. The molecular formula is C9H19NO. The van der Waals surface area contributed by atoms with Gasteiger partial charge in [0.25, 0.3) is 0 Å². The quantitative estimate of drug-likeness (QED) is 0.672. The van der Waals surface area contributed by atoms with E-state index in [1.807, 2.05) is 0 Å². The molecule has 66 valence electrons. The van der Waals surface area contributed by atoms with Crippen molar-refractivity contribution in [3.05, 3.63) is 0 Å². The third-order valence-corrected chi connectivity index (χ3v) is 2.55. The van der Waals surface area contributed by atoms with E-state index in [1.54, 1.807) is 0 Å². The molecule has 0 bridgehead atoms. The summed E-state index contributed by atoms with van der Waals surface area (Å²) in [7, 11) is 0. The van der Waals surface area contributed by atoms with E-state index in [1.165, 1.54) is 19.3 Å². The number of ether oxygens (including phenoxy) is 1.